The molecule has 0 aliphatic heterocycles. The number of ether oxygens (including phenoxy) is 1. The summed E-state index contributed by atoms with van der Waals surface area (Å²) in [4.78, 5) is 0. The Morgan fingerprint density at radius 1 is 1.05 bits per heavy atom. The molecular weight excluding hydrogens is 652 g/mol. The standard InChI is InChI=1S/C13H7BrFI3O/c14-10-3-8(15)2-1-7(10)6-19-13-11(17)4-9(16)5-12(13)18/h1-5H,6H2. The van der Waals surface area contributed by atoms with Crippen LogP contribution in [0, 0.1) is 16.5 Å². The summed E-state index contributed by atoms with van der Waals surface area (Å²) in [6, 6.07) is 8.75. The molecule has 19 heavy (non-hydrogen) atoms. The lowest BCUT2D eigenvalue weighted by atomic mass is 10.2. The van der Waals surface area contributed by atoms with Crippen LogP contribution in [0.2, 0.25) is 0 Å². The first-order chi connectivity index (χ1) is 8.97. The zero-order valence-corrected chi connectivity index (χ0v) is 17.5. The van der Waals surface area contributed by atoms with E-state index in [1.807, 2.05) is 0 Å². The van der Waals surface area contributed by atoms with E-state index in [-0.39, 0.29) is 5.82 Å². The lowest BCUT2D eigenvalue weighted by Gasteiger charge is -2.12. The minimum Gasteiger partial charge on any atom is -0.487 e. The van der Waals surface area contributed by atoms with Crippen molar-refractivity contribution in [1.29, 1.82) is 0 Å². The molecule has 0 radical (unpaired) electrons. The van der Waals surface area contributed by atoms with Crippen LogP contribution < -0.4 is 4.74 Å². The van der Waals surface area contributed by atoms with E-state index >= 15 is 0 Å². The predicted octanol–water partition coefficient (Wildman–Crippen LogP) is 5.98. The molecule has 0 saturated heterocycles. The van der Waals surface area contributed by atoms with Gasteiger partial charge in [0.2, 0.25) is 0 Å². The average Bonchev–Trinajstić information content (AvgIpc) is 2.30. The van der Waals surface area contributed by atoms with Gasteiger partial charge in [-0.15, -0.1) is 0 Å². The molecule has 1 nitrogen and oxygen atoms in total. The first kappa shape index (κ1) is 16.2. The number of halogens is 5. The third-order valence-electron chi connectivity index (χ3n) is 2.35. The molecule has 6 heteroatoms. The summed E-state index contributed by atoms with van der Waals surface area (Å²) in [5, 5.41) is 0. The Labute approximate surface area is 160 Å². The van der Waals surface area contributed by atoms with Crippen molar-refractivity contribution in [2.75, 3.05) is 0 Å². The third kappa shape index (κ3) is 4.40. The summed E-state index contributed by atoms with van der Waals surface area (Å²) >= 11 is 10.2. The van der Waals surface area contributed by atoms with Crippen LogP contribution in [-0.4, -0.2) is 0 Å². The fourth-order valence-electron chi connectivity index (χ4n) is 1.46. The molecule has 0 spiro atoms. The van der Waals surface area contributed by atoms with E-state index in [0.29, 0.717) is 6.61 Å². The van der Waals surface area contributed by atoms with Gasteiger partial charge in [-0.2, -0.15) is 0 Å². The fourth-order valence-corrected chi connectivity index (χ4v) is 5.81. The smallest absolute Gasteiger partial charge is 0.146 e. The third-order valence-corrected chi connectivity index (χ3v) is 5.31. The van der Waals surface area contributed by atoms with Gasteiger partial charge in [-0.3, -0.25) is 0 Å². The van der Waals surface area contributed by atoms with E-state index in [1.165, 1.54) is 15.7 Å². The van der Waals surface area contributed by atoms with Crippen LogP contribution >= 0.6 is 83.7 Å². The van der Waals surface area contributed by atoms with Gasteiger partial charge in [0.05, 0.1) is 7.14 Å². The second-order valence-electron chi connectivity index (χ2n) is 3.72. The monoisotopic (exact) mass is 658 g/mol. The molecule has 0 fully saturated rings. The maximum Gasteiger partial charge on any atom is 0.146 e. The predicted molar refractivity (Wildman–Crippen MR) is 103 cm³/mol. The summed E-state index contributed by atoms with van der Waals surface area (Å²) in [5.74, 6) is 0.617. The van der Waals surface area contributed by atoms with E-state index in [2.05, 4.69) is 95.8 Å². The minimum atomic E-state index is -0.256. The van der Waals surface area contributed by atoms with Crippen molar-refractivity contribution in [3.05, 3.63) is 56.9 Å². The Morgan fingerprint density at radius 2 is 1.68 bits per heavy atom. The molecule has 0 unspecified atom stereocenters. The molecule has 0 amide bonds. The fraction of sp³-hybridized carbons (Fsp3) is 0.0769. The van der Waals surface area contributed by atoms with Crippen LogP contribution in [0.5, 0.6) is 5.75 Å². The molecule has 2 aromatic rings. The second-order valence-corrected chi connectivity index (χ2v) is 8.15. The van der Waals surface area contributed by atoms with Crippen LogP contribution in [0.3, 0.4) is 0 Å². The first-order valence-electron chi connectivity index (χ1n) is 5.18. The largest absolute Gasteiger partial charge is 0.487 e. The van der Waals surface area contributed by atoms with Crippen molar-refractivity contribution < 1.29 is 9.13 Å². The molecule has 0 aliphatic rings. The van der Waals surface area contributed by atoms with E-state index in [0.717, 1.165) is 22.9 Å². The van der Waals surface area contributed by atoms with E-state index in [4.69, 9.17) is 4.74 Å². The molecule has 0 aromatic heterocycles. The van der Waals surface area contributed by atoms with Gasteiger partial charge in [0, 0.05) is 13.6 Å². The Morgan fingerprint density at radius 3 is 2.26 bits per heavy atom. The second kappa shape index (κ2) is 7.21. The summed E-state index contributed by atoms with van der Waals surface area (Å²) < 4.78 is 22.9. The Hall–Kier alpha value is 0.840. The molecule has 0 atom stereocenters. The highest BCUT2D eigenvalue weighted by molar-refractivity contribution is 14.1. The molecule has 0 bridgehead atoms. The van der Waals surface area contributed by atoms with Crippen LogP contribution in [0.4, 0.5) is 4.39 Å². The average molecular weight is 659 g/mol. The normalized spacial score (nSPS) is 10.6. The zero-order chi connectivity index (χ0) is 14.0. The van der Waals surface area contributed by atoms with Crippen molar-refractivity contribution in [1.82, 2.24) is 0 Å². The van der Waals surface area contributed by atoms with Crippen molar-refractivity contribution in [3.63, 3.8) is 0 Å². The van der Waals surface area contributed by atoms with Gasteiger partial charge in [-0.1, -0.05) is 22.0 Å². The lowest BCUT2D eigenvalue weighted by Crippen LogP contribution is -2.00. The van der Waals surface area contributed by atoms with Crippen LogP contribution in [0.1, 0.15) is 5.56 Å². The van der Waals surface area contributed by atoms with Gasteiger partial charge < -0.3 is 4.74 Å². The summed E-state index contributed by atoms with van der Waals surface area (Å²) in [6.45, 7) is 0.410. The Kier molecular flexibility index (Phi) is 6.15. The maximum atomic E-state index is 13.0. The lowest BCUT2D eigenvalue weighted by molar-refractivity contribution is 0.301. The van der Waals surface area contributed by atoms with Gasteiger partial charge in [-0.25, -0.2) is 4.39 Å². The van der Waals surface area contributed by atoms with Crippen LogP contribution in [-0.2, 0) is 6.61 Å². The highest BCUT2D eigenvalue weighted by atomic mass is 127. The van der Waals surface area contributed by atoms with Gasteiger partial charge in [0.15, 0.2) is 0 Å². The molecule has 100 valence electrons. The quantitative estimate of drug-likeness (QED) is 0.369. The summed E-state index contributed by atoms with van der Waals surface area (Å²) in [6.07, 6.45) is 0. The van der Waals surface area contributed by atoms with E-state index < -0.39 is 0 Å². The van der Waals surface area contributed by atoms with Crippen LogP contribution in [0.25, 0.3) is 0 Å². The highest BCUT2D eigenvalue weighted by Gasteiger charge is 2.09. The number of rotatable bonds is 3. The van der Waals surface area contributed by atoms with E-state index in [9.17, 15) is 4.39 Å². The SMILES string of the molecule is Fc1ccc(COc2c(I)cc(I)cc2I)c(Br)c1. The summed E-state index contributed by atoms with van der Waals surface area (Å²) in [7, 11) is 0. The van der Waals surface area contributed by atoms with Crippen molar-refractivity contribution in [2.24, 2.45) is 0 Å². The van der Waals surface area contributed by atoms with Gasteiger partial charge in [0.1, 0.15) is 18.2 Å². The maximum absolute atomic E-state index is 13.0. The number of hydrogen-bond donors (Lipinski definition) is 0. The molecule has 2 aromatic carbocycles. The van der Waals surface area contributed by atoms with Crippen molar-refractivity contribution >= 4 is 83.7 Å². The van der Waals surface area contributed by atoms with Crippen molar-refractivity contribution in [3.8, 4) is 5.75 Å². The molecule has 0 heterocycles. The van der Waals surface area contributed by atoms with Gasteiger partial charge >= 0.3 is 0 Å². The van der Waals surface area contributed by atoms with Gasteiger partial charge in [0.25, 0.3) is 0 Å². The first-order valence-corrected chi connectivity index (χ1v) is 9.21. The Bertz CT molecular complexity index is 596. The number of benzene rings is 2. The van der Waals surface area contributed by atoms with Crippen molar-refractivity contribution in [2.45, 2.75) is 6.61 Å². The molecule has 0 N–H and O–H groups in total. The van der Waals surface area contributed by atoms with Gasteiger partial charge in [-0.05, 0) is 92.0 Å². The summed E-state index contributed by atoms with van der Waals surface area (Å²) in [5.41, 5.74) is 0.923. The molecule has 0 saturated carbocycles. The highest BCUT2D eigenvalue weighted by Crippen LogP contribution is 2.30. The number of hydrogen-bond acceptors (Lipinski definition) is 1. The van der Waals surface area contributed by atoms with E-state index in [1.54, 1.807) is 6.07 Å². The zero-order valence-electron chi connectivity index (χ0n) is 9.39. The van der Waals surface area contributed by atoms with Crippen LogP contribution in [0.15, 0.2) is 34.8 Å². The molecular formula is C13H7BrFI3O. The topological polar surface area (TPSA) is 9.23 Å². The minimum absolute atomic E-state index is 0.256. The molecule has 2 rings (SSSR count). The Balaban J connectivity index is 2.19. The molecule has 0 aliphatic carbocycles.